The number of benzene rings is 1. The number of nitrogens with zero attached hydrogens (tertiary/aromatic N) is 4. The third-order valence-corrected chi connectivity index (χ3v) is 6.65. The molecule has 2 aromatic heterocycles. The number of ketones is 1. The van der Waals surface area contributed by atoms with Crippen LogP contribution in [0.4, 0.5) is 0 Å². The van der Waals surface area contributed by atoms with Crippen LogP contribution in [0.5, 0.6) is 0 Å². The molecule has 5 rings (SSSR count). The molecular formula is C27H29N5O3. The second-order valence-corrected chi connectivity index (χ2v) is 9.26. The molecule has 0 saturated heterocycles. The van der Waals surface area contributed by atoms with E-state index in [2.05, 4.69) is 15.4 Å². The van der Waals surface area contributed by atoms with Gasteiger partial charge in [0, 0.05) is 61.9 Å². The molecule has 1 aliphatic carbocycles. The third-order valence-electron chi connectivity index (χ3n) is 6.65. The van der Waals surface area contributed by atoms with Crippen molar-refractivity contribution in [2.75, 3.05) is 6.54 Å². The van der Waals surface area contributed by atoms with E-state index in [-0.39, 0.29) is 30.4 Å². The Bertz CT molecular complexity index is 1220. The minimum Gasteiger partial charge on any atom is -0.345 e. The molecule has 0 atom stereocenters. The number of pyridine rings is 1. The van der Waals surface area contributed by atoms with Crippen LogP contribution in [0.1, 0.15) is 63.5 Å². The lowest BCUT2D eigenvalue weighted by atomic mass is 10.0. The molecule has 2 amide bonds. The summed E-state index contributed by atoms with van der Waals surface area (Å²) in [5, 5.41) is 7.61. The summed E-state index contributed by atoms with van der Waals surface area (Å²) in [7, 11) is 0. The van der Waals surface area contributed by atoms with Gasteiger partial charge in [-0.05, 0) is 30.9 Å². The zero-order valence-corrected chi connectivity index (χ0v) is 19.7. The first kappa shape index (κ1) is 23.0. The van der Waals surface area contributed by atoms with E-state index in [1.165, 1.54) is 12.8 Å². The van der Waals surface area contributed by atoms with Crippen molar-refractivity contribution < 1.29 is 14.4 Å². The average molecular weight is 472 g/mol. The van der Waals surface area contributed by atoms with Gasteiger partial charge in [-0.2, -0.15) is 5.10 Å². The first-order valence-electron chi connectivity index (χ1n) is 12.2. The molecule has 0 unspecified atom stereocenters. The van der Waals surface area contributed by atoms with Gasteiger partial charge in [0.2, 0.25) is 5.91 Å². The summed E-state index contributed by atoms with van der Waals surface area (Å²) < 4.78 is 1.98. The van der Waals surface area contributed by atoms with Crippen LogP contribution in [-0.4, -0.2) is 43.8 Å². The summed E-state index contributed by atoms with van der Waals surface area (Å²) in [5.41, 5.74) is 3.64. The predicted octanol–water partition coefficient (Wildman–Crippen LogP) is 3.17. The molecule has 1 aliphatic heterocycles. The molecular weight excluding hydrogens is 442 g/mol. The van der Waals surface area contributed by atoms with E-state index in [0.29, 0.717) is 43.2 Å². The molecule has 0 bridgehead atoms. The van der Waals surface area contributed by atoms with Crippen molar-refractivity contribution in [2.24, 2.45) is 5.92 Å². The van der Waals surface area contributed by atoms with E-state index >= 15 is 0 Å². The Morgan fingerprint density at radius 3 is 2.54 bits per heavy atom. The maximum atomic E-state index is 13.1. The predicted molar refractivity (Wildman–Crippen MR) is 129 cm³/mol. The number of nitrogens with one attached hydrogen (secondary N) is 1. The lowest BCUT2D eigenvalue weighted by molar-refractivity contribution is -0.132. The molecule has 1 saturated carbocycles. The molecule has 0 radical (unpaired) electrons. The average Bonchev–Trinajstić information content (AvgIpc) is 3.65. The Kier molecular flexibility index (Phi) is 6.70. The number of carbonyl (C=O) groups is 3. The van der Waals surface area contributed by atoms with Crippen LogP contribution >= 0.6 is 0 Å². The van der Waals surface area contributed by atoms with Gasteiger partial charge in [0.15, 0.2) is 11.5 Å². The standard InChI is InChI=1S/C27H29N5O3/c33-24(20-6-2-1-3-7-20)11-12-25(34)31-15-13-23-22(18-31)26(30-32(23)17-19-9-10-19)27(35)29-16-21-8-4-5-14-28-21/h1-8,14,19H,9-13,15-18H2,(H,29,35). The quantitative estimate of drug-likeness (QED) is 0.484. The number of fused-ring (bicyclic) bond motifs is 1. The van der Waals surface area contributed by atoms with Crippen molar-refractivity contribution in [3.8, 4) is 0 Å². The Balaban J connectivity index is 1.27. The van der Waals surface area contributed by atoms with Crippen LogP contribution in [0.15, 0.2) is 54.7 Å². The highest BCUT2D eigenvalue weighted by Crippen LogP contribution is 2.32. The smallest absolute Gasteiger partial charge is 0.272 e. The topological polar surface area (TPSA) is 97.2 Å². The van der Waals surface area contributed by atoms with Gasteiger partial charge in [0.25, 0.3) is 5.91 Å². The Hall–Kier alpha value is -3.81. The van der Waals surface area contributed by atoms with Gasteiger partial charge in [-0.1, -0.05) is 36.4 Å². The van der Waals surface area contributed by atoms with Crippen LogP contribution in [0.3, 0.4) is 0 Å². The highest BCUT2D eigenvalue weighted by molar-refractivity contribution is 5.98. The Labute approximate surface area is 204 Å². The van der Waals surface area contributed by atoms with E-state index < -0.39 is 0 Å². The van der Waals surface area contributed by atoms with E-state index in [1.54, 1.807) is 23.2 Å². The van der Waals surface area contributed by atoms with E-state index in [1.807, 2.05) is 41.1 Å². The molecule has 8 heteroatoms. The fourth-order valence-corrected chi connectivity index (χ4v) is 4.49. The van der Waals surface area contributed by atoms with Gasteiger partial charge in [0.05, 0.1) is 12.2 Å². The number of Topliss-reactive ketones (excluding diaryl/α,β-unsaturated/α-hetero) is 1. The van der Waals surface area contributed by atoms with Gasteiger partial charge < -0.3 is 10.2 Å². The van der Waals surface area contributed by atoms with E-state index in [4.69, 9.17) is 0 Å². The van der Waals surface area contributed by atoms with Crippen molar-refractivity contribution in [1.29, 1.82) is 0 Å². The Morgan fingerprint density at radius 1 is 1.00 bits per heavy atom. The second-order valence-electron chi connectivity index (χ2n) is 9.26. The molecule has 8 nitrogen and oxygen atoms in total. The third kappa shape index (κ3) is 5.48. The minimum atomic E-state index is -0.255. The summed E-state index contributed by atoms with van der Waals surface area (Å²) in [4.78, 5) is 44.5. The monoisotopic (exact) mass is 471 g/mol. The highest BCUT2D eigenvalue weighted by Gasteiger charge is 2.32. The number of aromatic nitrogens is 3. The summed E-state index contributed by atoms with van der Waals surface area (Å²) >= 11 is 0. The van der Waals surface area contributed by atoms with Crippen LogP contribution in [0.2, 0.25) is 0 Å². The Morgan fingerprint density at radius 2 is 1.80 bits per heavy atom. The van der Waals surface area contributed by atoms with Gasteiger partial charge in [-0.15, -0.1) is 0 Å². The zero-order chi connectivity index (χ0) is 24.2. The lowest BCUT2D eigenvalue weighted by Crippen LogP contribution is -2.37. The van der Waals surface area contributed by atoms with Gasteiger partial charge >= 0.3 is 0 Å². The van der Waals surface area contributed by atoms with Crippen LogP contribution in [-0.2, 0) is 30.8 Å². The normalized spacial score (nSPS) is 14.9. The molecule has 1 aromatic carbocycles. The highest BCUT2D eigenvalue weighted by atomic mass is 16.2. The molecule has 3 heterocycles. The summed E-state index contributed by atoms with van der Waals surface area (Å²) in [6, 6.07) is 14.6. The molecule has 1 fully saturated rings. The number of rotatable bonds is 9. The van der Waals surface area contributed by atoms with Crippen LogP contribution in [0, 0.1) is 5.92 Å². The number of amides is 2. The van der Waals surface area contributed by atoms with Gasteiger partial charge in [-0.3, -0.25) is 24.0 Å². The molecule has 3 aromatic rings. The fraction of sp³-hybridized carbons (Fsp3) is 0.370. The molecule has 35 heavy (non-hydrogen) atoms. The summed E-state index contributed by atoms with van der Waals surface area (Å²) in [6.45, 7) is 2.03. The van der Waals surface area contributed by atoms with Crippen molar-refractivity contribution >= 4 is 17.6 Å². The maximum absolute atomic E-state index is 13.1. The minimum absolute atomic E-state index is 0.0384. The van der Waals surface area contributed by atoms with E-state index in [0.717, 1.165) is 23.5 Å². The van der Waals surface area contributed by atoms with Crippen molar-refractivity contribution in [3.63, 3.8) is 0 Å². The maximum Gasteiger partial charge on any atom is 0.272 e. The second kappa shape index (κ2) is 10.2. The number of hydrogen-bond donors (Lipinski definition) is 1. The van der Waals surface area contributed by atoms with Crippen molar-refractivity contribution in [3.05, 3.63) is 82.9 Å². The SMILES string of the molecule is O=C(CCC(=O)N1CCc2c(c(C(=O)NCc3ccccn3)nn2CC2CC2)C1)c1ccccc1. The largest absolute Gasteiger partial charge is 0.345 e. The van der Waals surface area contributed by atoms with Gasteiger partial charge in [-0.25, -0.2) is 0 Å². The zero-order valence-electron chi connectivity index (χ0n) is 19.7. The fourth-order valence-electron chi connectivity index (χ4n) is 4.49. The number of carbonyl (C=O) groups excluding carboxylic acids is 3. The van der Waals surface area contributed by atoms with Crippen LogP contribution < -0.4 is 5.32 Å². The molecule has 0 spiro atoms. The molecule has 2 aliphatic rings. The lowest BCUT2D eigenvalue weighted by Gasteiger charge is -2.28. The van der Waals surface area contributed by atoms with Crippen LogP contribution in [0.25, 0.3) is 0 Å². The molecule has 180 valence electrons. The number of hydrogen-bond acceptors (Lipinski definition) is 5. The van der Waals surface area contributed by atoms with Crippen molar-refractivity contribution in [2.45, 2.75) is 51.7 Å². The molecule has 1 N–H and O–H groups in total. The summed E-state index contributed by atoms with van der Waals surface area (Å²) in [5.74, 6) is 0.250. The summed E-state index contributed by atoms with van der Waals surface area (Å²) in [6.07, 6.45) is 5.05. The van der Waals surface area contributed by atoms with Crippen molar-refractivity contribution in [1.82, 2.24) is 25.0 Å². The van der Waals surface area contributed by atoms with Gasteiger partial charge in [0.1, 0.15) is 0 Å². The van der Waals surface area contributed by atoms with E-state index in [9.17, 15) is 14.4 Å². The first-order valence-corrected chi connectivity index (χ1v) is 12.2. The first-order chi connectivity index (χ1) is 17.1.